The predicted molar refractivity (Wildman–Crippen MR) is 98.8 cm³/mol. The van der Waals surface area contributed by atoms with E-state index in [2.05, 4.69) is 5.10 Å². The van der Waals surface area contributed by atoms with Gasteiger partial charge in [0.15, 0.2) is 0 Å². The zero-order valence-electron chi connectivity index (χ0n) is 14.5. The highest BCUT2D eigenvalue weighted by molar-refractivity contribution is 6.29. The maximum Gasteiger partial charge on any atom is 0.338 e. The van der Waals surface area contributed by atoms with E-state index in [0.717, 1.165) is 0 Å². The molecule has 2 heterocycles. The van der Waals surface area contributed by atoms with Crippen molar-refractivity contribution in [3.05, 3.63) is 71.7 Å². The molecular formula is C20H18N2O4. The highest BCUT2D eigenvalue weighted by Gasteiger charge is 2.28. The molecule has 0 bridgehead atoms. The lowest BCUT2D eigenvalue weighted by Gasteiger charge is -2.12. The van der Waals surface area contributed by atoms with Gasteiger partial charge in [-0.3, -0.25) is 4.79 Å². The minimum absolute atomic E-state index is 0.226. The summed E-state index contributed by atoms with van der Waals surface area (Å²) in [6, 6.07) is 10.2. The third-order valence-corrected chi connectivity index (χ3v) is 3.75. The van der Waals surface area contributed by atoms with Crippen LogP contribution in [0.1, 0.15) is 30.0 Å². The molecule has 26 heavy (non-hydrogen) atoms. The van der Waals surface area contributed by atoms with Crippen LogP contribution in [0.15, 0.2) is 69.9 Å². The molecule has 3 rings (SSSR count). The SMILES string of the molecule is CCOC(=O)c1ccc(N2N=C(C)/C(=C\C=C\c3ccco3)C2=O)cc1. The third-order valence-electron chi connectivity index (χ3n) is 3.75. The highest BCUT2D eigenvalue weighted by atomic mass is 16.5. The fourth-order valence-electron chi connectivity index (χ4n) is 2.46. The maximum atomic E-state index is 12.6. The number of furan rings is 1. The number of hydrazone groups is 1. The Balaban J connectivity index is 1.76. The minimum atomic E-state index is -0.393. The van der Waals surface area contributed by atoms with E-state index in [1.54, 1.807) is 68.7 Å². The summed E-state index contributed by atoms with van der Waals surface area (Å²) >= 11 is 0. The fourth-order valence-corrected chi connectivity index (χ4v) is 2.46. The first-order valence-electron chi connectivity index (χ1n) is 8.19. The summed E-state index contributed by atoms with van der Waals surface area (Å²) in [7, 11) is 0. The van der Waals surface area contributed by atoms with Gasteiger partial charge in [0.05, 0.1) is 35.4 Å². The van der Waals surface area contributed by atoms with Gasteiger partial charge in [0.2, 0.25) is 0 Å². The number of hydrogen-bond donors (Lipinski definition) is 0. The average molecular weight is 350 g/mol. The predicted octanol–water partition coefficient (Wildman–Crippen LogP) is 3.82. The molecule has 0 unspecified atom stereocenters. The number of allylic oxidation sites excluding steroid dienone is 2. The van der Waals surface area contributed by atoms with E-state index in [-0.39, 0.29) is 5.91 Å². The van der Waals surface area contributed by atoms with Crippen LogP contribution >= 0.6 is 0 Å². The van der Waals surface area contributed by atoms with Crippen LogP contribution in [0.3, 0.4) is 0 Å². The normalized spacial score (nSPS) is 15.8. The largest absolute Gasteiger partial charge is 0.465 e. The smallest absolute Gasteiger partial charge is 0.338 e. The Morgan fingerprint density at radius 1 is 1.27 bits per heavy atom. The van der Waals surface area contributed by atoms with Crippen molar-refractivity contribution in [2.75, 3.05) is 11.6 Å². The van der Waals surface area contributed by atoms with Crippen molar-refractivity contribution in [2.24, 2.45) is 5.10 Å². The van der Waals surface area contributed by atoms with Crippen LogP contribution in [0.2, 0.25) is 0 Å². The van der Waals surface area contributed by atoms with Crippen molar-refractivity contribution in [2.45, 2.75) is 13.8 Å². The van der Waals surface area contributed by atoms with Gasteiger partial charge >= 0.3 is 5.97 Å². The Bertz CT molecular complexity index is 890. The van der Waals surface area contributed by atoms with Crippen LogP contribution in [0, 0.1) is 0 Å². The molecule has 0 atom stereocenters. The molecule has 0 saturated carbocycles. The first kappa shape index (κ1) is 17.4. The molecule has 1 aliphatic heterocycles. The van der Waals surface area contributed by atoms with Crippen LogP contribution in [0.4, 0.5) is 5.69 Å². The summed E-state index contributed by atoms with van der Waals surface area (Å²) in [5.41, 5.74) is 2.14. The van der Waals surface area contributed by atoms with Gasteiger partial charge in [0.1, 0.15) is 5.76 Å². The Morgan fingerprint density at radius 3 is 2.69 bits per heavy atom. The van der Waals surface area contributed by atoms with Gasteiger partial charge < -0.3 is 9.15 Å². The molecule has 6 nitrogen and oxygen atoms in total. The summed E-state index contributed by atoms with van der Waals surface area (Å²) in [5, 5.41) is 5.62. The van der Waals surface area contributed by atoms with Crippen LogP contribution in [0.5, 0.6) is 0 Å². The molecule has 132 valence electrons. The van der Waals surface area contributed by atoms with Crippen LogP contribution in [-0.2, 0) is 9.53 Å². The summed E-state index contributed by atoms with van der Waals surface area (Å²) < 4.78 is 10.2. The summed E-state index contributed by atoms with van der Waals surface area (Å²) in [6.45, 7) is 3.84. The number of carbonyl (C=O) groups excluding carboxylic acids is 2. The Kier molecular flexibility index (Phi) is 5.12. The van der Waals surface area contributed by atoms with E-state index in [1.807, 2.05) is 6.07 Å². The van der Waals surface area contributed by atoms with Gasteiger partial charge in [0.25, 0.3) is 5.91 Å². The van der Waals surface area contributed by atoms with Crippen molar-refractivity contribution >= 4 is 29.4 Å². The molecule has 0 N–H and O–H groups in total. The second kappa shape index (κ2) is 7.65. The number of anilines is 1. The summed E-state index contributed by atoms with van der Waals surface area (Å²) in [5.74, 6) is 0.0823. The van der Waals surface area contributed by atoms with Gasteiger partial charge in [-0.25, -0.2) is 4.79 Å². The first-order valence-corrected chi connectivity index (χ1v) is 8.19. The second-order valence-electron chi connectivity index (χ2n) is 5.52. The molecular weight excluding hydrogens is 332 g/mol. The first-order chi connectivity index (χ1) is 12.6. The van der Waals surface area contributed by atoms with Gasteiger partial charge in [-0.1, -0.05) is 6.08 Å². The summed E-state index contributed by atoms with van der Waals surface area (Å²) in [4.78, 5) is 24.3. The fraction of sp³-hybridized carbons (Fsp3) is 0.150. The molecule has 0 aliphatic carbocycles. The number of hydrogen-bond acceptors (Lipinski definition) is 5. The highest BCUT2D eigenvalue weighted by Crippen LogP contribution is 2.24. The van der Waals surface area contributed by atoms with E-state index in [0.29, 0.717) is 34.9 Å². The number of carbonyl (C=O) groups is 2. The zero-order valence-corrected chi connectivity index (χ0v) is 14.5. The van der Waals surface area contributed by atoms with Gasteiger partial charge in [-0.15, -0.1) is 0 Å². The molecule has 1 aliphatic rings. The number of esters is 1. The van der Waals surface area contributed by atoms with Crippen molar-refractivity contribution in [1.82, 2.24) is 0 Å². The Hall–Kier alpha value is -3.41. The Labute approximate surface area is 151 Å². The molecule has 1 aromatic heterocycles. The molecule has 6 heteroatoms. The molecule has 1 amide bonds. The molecule has 0 fully saturated rings. The Morgan fingerprint density at radius 2 is 2.04 bits per heavy atom. The van der Waals surface area contributed by atoms with E-state index >= 15 is 0 Å². The molecule has 0 spiro atoms. The second-order valence-corrected chi connectivity index (χ2v) is 5.52. The number of rotatable bonds is 5. The lowest BCUT2D eigenvalue weighted by molar-refractivity contribution is -0.114. The van der Waals surface area contributed by atoms with Crippen LogP contribution in [-0.4, -0.2) is 24.2 Å². The molecule has 2 aromatic rings. The zero-order chi connectivity index (χ0) is 18.5. The van der Waals surface area contributed by atoms with Gasteiger partial charge in [-0.05, 0) is 62.4 Å². The number of ether oxygens (including phenoxy) is 1. The van der Waals surface area contributed by atoms with Gasteiger partial charge in [0, 0.05) is 0 Å². The number of benzene rings is 1. The van der Waals surface area contributed by atoms with E-state index in [1.165, 1.54) is 5.01 Å². The van der Waals surface area contributed by atoms with E-state index in [4.69, 9.17) is 9.15 Å². The lowest BCUT2D eigenvalue weighted by Crippen LogP contribution is -2.21. The monoisotopic (exact) mass is 350 g/mol. The quantitative estimate of drug-likeness (QED) is 0.607. The van der Waals surface area contributed by atoms with E-state index < -0.39 is 5.97 Å². The molecule has 1 aromatic carbocycles. The van der Waals surface area contributed by atoms with Crippen molar-refractivity contribution in [3.8, 4) is 0 Å². The number of amides is 1. The minimum Gasteiger partial charge on any atom is -0.465 e. The van der Waals surface area contributed by atoms with Crippen molar-refractivity contribution in [1.29, 1.82) is 0 Å². The van der Waals surface area contributed by atoms with Crippen LogP contribution in [0.25, 0.3) is 6.08 Å². The van der Waals surface area contributed by atoms with Crippen LogP contribution < -0.4 is 5.01 Å². The lowest BCUT2D eigenvalue weighted by atomic mass is 10.1. The average Bonchev–Trinajstić information content (AvgIpc) is 3.25. The van der Waals surface area contributed by atoms with Crippen molar-refractivity contribution in [3.63, 3.8) is 0 Å². The molecule has 0 saturated heterocycles. The van der Waals surface area contributed by atoms with E-state index in [9.17, 15) is 9.59 Å². The number of nitrogens with zero attached hydrogens (tertiary/aromatic N) is 2. The van der Waals surface area contributed by atoms with Crippen molar-refractivity contribution < 1.29 is 18.7 Å². The maximum absolute atomic E-state index is 12.6. The molecule has 0 radical (unpaired) electrons. The summed E-state index contributed by atoms with van der Waals surface area (Å²) in [6.07, 6.45) is 6.81. The topological polar surface area (TPSA) is 72.1 Å². The standard InChI is InChI=1S/C20H18N2O4/c1-3-25-20(24)15-9-11-16(12-10-15)22-19(23)18(14(2)21-22)8-4-6-17-7-5-13-26-17/h4-13H,3H2,1-2H3/b6-4+,18-8+. The van der Waals surface area contributed by atoms with Gasteiger partial charge in [-0.2, -0.15) is 10.1 Å². The third kappa shape index (κ3) is 3.64.